The Morgan fingerprint density at radius 2 is 2.21 bits per heavy atom. The van der Waals surface area contributed by atoms with Crippen molar-refractivity contribution in [1.82, 2.24) is 10.2 Å². The molecule has 0 aromatic carbocycles. The third-order valence-electron chi connectivity index (χ3n) is 2.99. The average Bonchev–Trinajstić information content (AvgIpc) is 2.15. The van der Waals surface area contributed by atoms with Crippen molar-refractivity contribution in [2.75, 3.05) is 32.9 Å². The zero-order valence-corrected chi connectivity index (χ0v) is 10.8. The van der Waals surface area contributed by atoms with E-state index < -0.39 is 0 Å². The minimum atomic E-state index is 0.371. The molecule has 0 aliphatic carbocycles. The Balaban J connectivity index is 2.23. The molecular formula is C11H24N2S. The molecule has 1 rings (SSSR count). The van der Waals surface area contributed by atoms with E-state index in [2.05, 4.69) is 37.4 Å². The van der Waals surface area contributed by atoms with Gasteiger partial charge in [-0.05, 0) is 46.5 Å². The Morgan fingerprint density at radius 1 is 1.50 bits per heavy atom. The number of rotatable bonds is 4. The van der Waals surface area contributed by atoms with Gasteiger partial charge < -0.3 is 10.2 Å². The van der Waals surface area contributed by atoms with Crippen molar-refractivity contribution in [3.05, 3.63) is 0 Å². The van der Waals surface area contributed by atoms with E-state index in [1.54, 1.807) is 0 Å². The molecule has 0 radical (unpaired) electrons. The first-order valence-electron chi connectivity index (χ1n) is 5.50. The van der Waals surface area contributed by atoms with Gasteiger partial charge in [0.15, 0.2) is 0 Å². The van der Waals surface area contributed by atoms with Gasteiger partial charge in [-0.25, -0.2) is 0 Å². The summed E-state index contributed by atoms with van der Waals surface area (Å²) in [5.41, 5.74) is 0. The molecule has 0 spiro atoms. The van der Waals surface area contributed by atoms with Gasteiger partial charge in [-0.1, -0.05) is 0 Å². The van der Waals surface area contributed by atoms with Gasteiger partial charge in [-0.3, -0.25) is 0 Å². The van der Waals surface area contributed by atoms with E-state index in [1.807, 2.05) is 11.8 Å². The Kier molecular flexibility index (Phi) is 4.74. The SMILES string of the molecule is CSC(C)(C)CNC1CCCN(C)C1. The second-order valence-corrected chi connectivity index (χ2v) is 6.46. The quantitative estimate of drug-likeness (QED) is 0.771. The summed E-state index contributed by atoms with van der Waals surface area (Å²) in [7, 11) is 2.22. The maximum absolute atomic E-state index is 3.68. The number of likely N-dealkylation sites (N-methyl/N-ethyl adjacent to an activating group) is 1. The van der Waals surface area contributed by atoms with Crippen molar-refractivity contribution in [1.29, 1.82) is 0 Å². The predicted octanol–water partition coefficient (Wildman–Crippen LogP) is 1.81. The fourth-order valence-corrected chi connectivity index (χ4v) is 2.02. The molecular weight excluding hydrogens is 192 g/mol. The van der Waals surface area contributed by atoms with Gasteiger partial charge in [0.25, 0.3) is 0 Å². The van der Waals surface area contributed by atoms with Gasteiger partial charge in [0.05, 0.1) is 0 Å². The van der Waals surface area contributed by atoms with E-state index in [-0.39, 0.29) is 0 Å². The second-order valence-electron chi connectivity index (χ2n) is 4.95. The summed E-state index contributed by atoms with van der Waals surface area (Å²) in [6, 6.07) is 0.708. The largest absolute Gasteiger partial charge is 0.311 e. The third kappa shape index (κ3) is 4.20. The molecule has 0 bridgehead atoms. The summed E-state index contributed by atoms with van der Waals surface area (Å²) >= 11 is 1.94. The number of hydrogen-bond acceptors (Lipinski definition) is 3. The molecule has 1 unspecified atom stereocenters. The fraction of sp³-hybridized carbons (Fsp3) is 1.00. The molecule has 0 saturated carbocycles. The highest BCUT2D eigenvalue weighted by Crippen LogP contribution is 2.20. The van der Waals surface area contributed by atoms with Gasteiger partial charge in [0.1, 0.15) is 0 Å². The highest BCUT2D eigenvalue weighted by molar-refractivity contribution is 7.99. The molecule has 1 aliphatic heterocycles. The highest BCUT2D eigenvalue weighted by atomic mass is 32.2. The van der Waals surface area contributed by atoms with Crippen LogP contribution in [0.25, 0.3) is 0 Å². The molecule has 1 aliphatic rings. The van der Waals surface area contributed by atoms with E-state index in [0.717, 1.165) is 6.54 Å². The minimum Gasteiger partial charge on any atom is -0.311 e. The molecule has 0 aromatic rings. The smallest absolute Gasteiger partial charge is 0.0225 e. The maximum atomic E-state index is 3.68. The lowest BCUT2D eigenvalue weighted by Gasteiger charge is -2.33. The summed E-state index contributed by atoms with van der Waals surface area (Å²) in [4.78, 5) is 2.42. The molecule has 0 aromatic heterocycles. The van der Waals surface area contributed by atoms with Crippen molar-refractivity contribution in [2.24, 2.45) is 0 Å². The van der Waals surface area contributed by atoms with Gasteiger partial charge >= 0.3 is 0 Å². The van der Waals surface area contributed by atoms with Crippen LogP contribution in [-0.4, -0.2) is 48.6 Å². The zero-order chi connectivity index (χ0) is 10.6. The van der Waals surface area contributed by atoms with Crippen LogP contribution in [0.15, 0.2) is 0 Å². The maximum Gasteiger partial charge on any atom is 0.0225 e. The lowest BCUT2D eigenvalue weighted by Crippen LogP contribution is -2.47. The molecule has 0 amide bonds. The normalized spacial score (nSPS) is 25.3. The second kappa shape index (κ2) is 5.38. The molecule has 14 heavy (non-hydrogen) atoms. The topological polar surface area (TPSA) is 15.3 Å². The van der Waals surface area contributed by atoms with Crippen LogP contribution >= 0.6 is 11.8 Å². The van der Waals surface area contributed by atoms with Crippen LogP contribution in [0.4, 0.5) is 0 Å². The fourth-order valence-electron chi connectivity index (χ4n) is 1.80. The predicted molar refractivity (Wildman–Crippen MR) is 66.1 cm³/mol. The summed E-state index contributed by atoms with van der Waals surface area (Å²) in [6.07, 6.45) is 4.87. The van der Waals surface area contributed by atoms with E-state index in [0.29, 0.717) is 10.8 Å². The van der Waals surface area contributed by atoms with Crippen molar-refractivity contribution in [3.8, 4) is 0 Å². The van der Waals surface area contributed by atoms with Crippen molar-refractivity contribution < 1.29 is 0 Å². The molecule has 1 N–H and O–H groups in total. The van der Waals surface area contributed by atoms with Crippen molar-refractivity contribution in [2.45, 2.75) is 37.5 Å². The monoisotopic (exact) mass is 216 g/mol. The number of nitrogens with zero attached hydrogens (tertiary/aromatic N) is 1. The van der Waals surface area contributed by atoms with Crippen LogP contribution in [0.1, 0.15) is 26.7 Å². The van der Waals surface area contributed by atoms with Gasteiger partial charge in [-0.15, -0.1) is 0 Å². The number of nitrogens with one attached hydrogen (secondary N) is 1. The first-order valence-corrected chi connectivity index (χ1v) is 6.73. The Morgan fingerprint density at radius 3 is 2.79 bits per heavy atom. The van der Waals surface area contributed by atoms with E-state index >= 15 is 0 Å². The summed E-state index contributed by atoms with van der Waals surface area (Å²) in [5.74, 6) is 0. The summed E-state index contributed by atoms with van der Waals surface area (Å²) in [6.45, 7) is 8.20. The number of piperidine rings is 1. The van der Waals surface area contributed by atoms with E-state index in [4.69, 9.17) is 0 Å². The van der Waals surface area contributed by atoms with Crippen LogP contribution in [0, 0.1) is 0 Å². The molecule has 84 valence electrons. The van der Waals surface area contributed by atoms with Crippen LogP contribution in [0.2, 0.25) is 0 Å². The Bertz CT molecular complexity index is 171. The van der Waals surface area contributed by atoms with Crippen molar-refractivity contribution in [3.63, 3.8) is 0 Å². The lowest BCUT2D eigenvalue weighted by molar-refractivity contribution is 0.225. The Labute approximate surface area is 92.8 Å². The molecule has 1 heterocycles. The molecule has 3 heteroatoms. The minimum absolute atomic E-state index is 0.371. The van der Waals surface area contributed by atoms with E-state index in [9.17, 15) is 0 Å². The molecule has 1 fully saturated rings. The number of thioether (sulfide) groups is 1. The third-order valence-corrected chi connectivity index (χ3v) is 4.24. The highest BCUT2D eigenvalue weighted by Gasteiger charge is 2.21. The van der Waals surface area contributed by atoms with Crippen molar-refractivity contribution >= 4 is 11.8 Å². The average molecular weight is 216 g/mol. The van der Waals surface area contributed by atoms with Crippen LogP contribution in [0.3, 0.4) is 0 Å². The van der Waals surface area contributed by atoms with Crippen LogP contribution < -0.4 is 5.32 Å². The van der Waals surface area contributed by atoms with Crippen LogP contribution in [0.5, 0.6) is 0 Å². The van der Waals surface area contributed by atoms with Gasteiger partial charge in [0, 0.05) is 23.9 Å². The summed E-state index contributed by atoms with van der Waals surface area (Å²) in [5, 5.41) is 3.68. The standard InChI is InChI=1S/C11H24N2S/c1-11(2,14-4)9-12-10-6-5-7-13(3)8-10/h10,12H,5-9H2,1-4H3. The Hall–Kier alpha value is 0.270. The molecule has 2 nitrogen and oxygen atoms in total. The van der Waals surface area contributed by atoms with E-state index in [1.165, 1.54) is 25.9 Å². The molecule has 1 saturated heterocycles. The first kappa shape index (κ1) is 12.3. The molecule has 1 atom stereocenters. The van der Waals surface area contributed by atoms with Gasteiger partial charge in [0.2, 0.25) is 0 Å². The first-order chi connectivity index (χ1) is 6.53. The van der Waals surface area contributed by atoms with Gasteiger partial charge in [-0.2, -0.15) is 11.8 Å². The lowest BCUT2D eigenvalue weighted by atomic mass is 10.1. The summed E-state index contributed by atoms with van der Waals surface area (Å²) < 4.78 is 0.371. The number of hydrogen-bond donors (Lipinski definition) is 1. The zero-order valence-electron chi connectivity index (χ0n) is 9.97. The van der Waals surface area contributed by atoms with Crippen LogP contribution in [-0.2, 0) is 0 Å². The number of likely N-dealkylation sites (tertiary alicyclic amines) is 1.